The molecule has 0 radical (unpaired) electrons. The molecule has 0 aliphatic carbocycles. The van der Waals surface area contributed by atoms with Crippen molar-refractivity contribution in [1.82, 2.24) is 9.80 Å². The summed E-state index contributed by atoms with van der Waals surface area (Å²) in [5.74, 6) is -0.112. The number of hydrogen-bond donors (Lipinski definition) is 3. The van der Waals surface area contributed by atoms with Crippen molar-refractivity contribution in [2.24, 2.45) is 0 Å². The third kappa shape index (κ3) is 4.75. The minimum atomic E-state index is -0.264. The zero-order valence-electron chi connectivity index (χ0n) is 15.0. The molecule has 1 aromatic carbocycles. The second-order valence-corrected chi connectivity index (χ2v) is 7.23. The van der Waals surface area contributed by atoms with Crippen molar-refractivity contribution in [3.63, 3.8) is 0 Å². The molecule has 144 valence electrons. The molecular formula is C18H28N4O3S. The van der Waals surface area contributed by atoms with Crippen LogP contribution < -0.4 is 10.6 Å². The normalized spacial score (nSPS) is 20.3. The van der Waals surface area contributed by atoms with Gasteiger partial charge in [-0.25, -0.2) is 0 Å². The summed E-state index contributed by atoms with van der Waals surface area (Å²) in [7, 11) is 0. The number of phenolic OH excluding ortho intramolecular Hbond substituents is 1. The Kier molecular flexibility index (Phi) is 6.50. The van der Waals surface area contributed by atoms with Crippen molar-refractivity contribution in [1.29, 1.82) is 0 Å². The van der Waals surface area contributed by atoms with Crippen LogP contribution in [0.4, 0.5) is 11.4 Å². The summed E-state index contributed by atoms with van der Waals surface area (Å²) in [5.41, 5.74) is 7.13. The van der Waals surface area contributed by atoms with Gasteiger partial charge in [-0.15, -0.1) is 0 Å². The molecule has 3 N–H and O–H groups in total. The third-order valence-electron chi connectivity index (χ3n) is 5.50. The van der Waals surface area contributed by atoms with Crippen LogP contribution in [0.15, 0.2) is 18.2 Å². The van der Waals surface area contributed by atoms with Gasteiger partial charge in [0.05, 0.1) is 12.1 Å². The number of thiol groups is 1. The number of aromatic hydroxyl groups is 1. The molecule has 2 heterocycles. The smallest absolute Gasteiger partial charge is 0.318 e. The lowest BCUT2D eigenvalue weighted by molar-refractivity contribution is -0.133. The Morgan fingerprint density at radius 1 is 1.19 bits per heavy atom. The van der Waals surface area contributed by atoms with E-state index in [0.717, 1.165) is 64.3 Å². The van der Waals surface area contributed by atoms with E-state index in [1.54, 1.807) is 12.1 Å². The number of hydrogen-bond acceptors (Lipinski definition) is 8. The van der Waals surface area contributed by atoms with Crippen LogP contribution in [0.3, 0.4) is 0 Å². The van der Waals surface area contributed by atoms with Crippen LogP contribution >= 0.6 is 12.9 Å². The van der Waals surface area contributed by atoms with E-state index in [-0.39, 0.29) is 11.7 Å². The quantitative estimate of drug-likeness (QED) is 0.308. The number of carbonyl (C=O) groups excluding carboxylic acids is 1. The first kappa shape index (κ1) is 19.1. The zero-order valence-corrected chi connectivity index (χ0v) is 15.9. The molecule has 2 saturated heterocycles. The summed E-state index contributed by atoms with van der Waals surface area (Å²) in [6, 6.07) is 6.10. The predicted octanol–water partition coefficient (Wildman–Crippen LogP) is 1.34. The van der Waals surface area contributed by atoms with E-state index in [4.69, 9.17) is 5.73 Å². The highest BCUT2D eigenvalue weighted by atomic mass is 32.1. The Bertz CT molecular complexity index is 614. The number of piperidine rings is 1. The summed E-state index contributed by atoms with van der Waals surface area (Å²) in [4.78, 5) is 18.4. The average molecular weight is 381 g/mol. The van der Waals surface area contributed by atoms with Gasteiger partial charge in [0.15, 0.2) is 0 Å². The number of piperazine rings is 1. The fourth-order valence-electron chi connectivity index (χ4n) is 3.88. The van der Waals surface area contributed by atoms with Gasteiger partial charge in [0, 0.05) is 63.4 Å². The Morgan fingerprint density at radius 3 is 2.50 bits per heavy atom. The number of likely N-dealkylation sites (tertiary alicyclic amines) is 1. The Hall–Kier alpha value is -1.64. The van der Waals surface area contributed by atoms with E-state index in [0.29, 0.717) is 18.2 Å². The van der Waals surface area contributed by atoms with Crippen molar-refractivity contribution >= 4 is 30.3 Å². The Balaban J connectivity index is 1.43. The SMILES string of the molecule is Nc1ccc(N2CCN(C3CCN(CCC(=O)OS)CC3)CC2)cc1O. The van der Waals surface area contributed by atoms with E-state index in [9.17, 15) is 9.90 Å². The molecule has 2 aliphatic rings. The van der Waals surface area contributed by atoms with E-state index in [1.165, 1.54) is 0 Å². The number of nitrogen functional groups attached to an aromatic ring is 1. The molecule has 0 unspecified atom stereocenters. The number of anilines is 2. The van der Waals surface area contributed by atoms with E-state index >= 15 is 0 Å². The summed E-state index contributed by atoms with van der Waals surface area (Å²) in [6.07, 6.45) is 2.68. The number of nitrogens with zero attached hydrogens (tertiary/aromatic N) is 3. The molecule has 0 aromatic heterocycles. The molecule has 7 nitrogen and oxygen atoms in total. The minimum Gasteiger partial charge on any atom is -0.506 e. The van der Waals surface area contributed by atoms with Crippen LogP contribution in [0.1, 0.15) is 19.3 Å². The molecule has 0 amide bonds. The van der Waals surface area contributed by atoms with Crippen LogP contribution in [0, 0.1) is 0 Å². The molecule has 2 aliphatic heterocycles. The first-order chi connectivity index (χ1) is 12.6. The maximum atomic E-state index is 11.2. The summed E-state index contributed by atoms with van der Waals surface area (Å²) in [5, 5.41) is 9.81. The fourth-order valence-corrected chi connectivity index (χ4v) is 3.97. The average Bonchev–Trinajstić information content (AvgIpc) is 2.69. The number of phenols is 1. The van der Waals surface area contributed by atoms with Crippen LogP contribution in [-0.2, 0) is 8.98 Å². The van der Waals surface area contributed by atoms with Crippen molar-refractivity contribution in [3.05, 3.63) is 18.2 Å². The number of carbonyl (C=O) groups is 1. The summed E-state index contributed by atoms with van der Waals surface area (Å²) >= 11 is 3.54. The topological polar surface area (TPSA) is 82.3 Å². The Labute approximate surface area is 160 Å². The van der Waals surface area contributed by atoms with Crippen molar-refractivity contribution < 1.29 is 14.1 Å². The summed E-state index contributed by atoms with van der Waals surface area (Å²) < 4.78 is 4.41. The molecule has 0 saturated carbocycles. The first-order valence-electron chi connectivity index (χ1n) is 9.21. The van der Waals surface area contributed by atoms with Gasteiger partial charge in [0.2, 0.25) is 0 Å². The van der Waals surface area contributed by atoms with Crippen molar-refractivity contribution in [2.75, 3.05) is 56.4 Å². The van der Waals surface area contributed by atoms with E-state index in [1.807, 2.05) is 6.07 Å². The zero-order chi connectivity index (χ0) is 18.5. The molecule has 0 bridgehead atoms. The van der Waals surface area contributed by atoms with Crippen LogP contribution in [-0.4, -0.2) is 72.7 Å². The maximum absolute atomic E-state index is 11.2. The second-order valence-electron chi connectivity index (χ2n) is 7.05. The number of rotatable bonds is 5. The summed E-state index contributed by atoms with van der Waals surface area (Å²) in [6.45, 7) is 6.77. The second kappa shape index (κ2) is 8.83. The van der Waals surface area contributed by atoms with Gasteiger partial charge in [-0.1, -0.05) is 0 Å². The highest BCUT2D eigenvalue weighted by Crippen LogP contribution is 2.28. The van der Waals surface area contributed by atoms with Gasteiger partial charge >= 0.3 is 5.97 Å². The molecule has 26 heavy (non-hydrogen) atoms. The van der Waals surface area contributed by atoms with Gasteiger partial charge in [-0.3, -0.25) is 9.69 Å². The first-order valence-corrected chi connectivity index (χ1v) is 9.57. The Morgan fingerprint density at radius 2 is 1.88 bits per heavy atom. The van der Waals surface area contributed by atoms with Crippen molar-refractivity contribution in [3.8, 4) is 5.75 Å². The van der Waals surface area contributed by atoms with Crippen LogP contribution in [0.2, 0.25) is 0 Å². The molecule has 3 rings (SSSR count). The standard InChI is InChI=1S/C18H28N4O3S/c19-16-2-1-15(13-17(16)23)22-11-9-21(10-12-22)14-3-6-20(7-4-14)8-5-18(24)25-26/h1-2,13-14,23,26H,3-12,19H2. The van der Waals surface area contributed by atoms with Crippen LogP contribution in [0.5, 0.6) is 5.75 Å². The number of benzene rings is 1. The number of nitrogens with two attached hydrogens (primary N) is 1. The van der Waals surface area contributed by atoms with E-state index in [2.05, 4.69) is 31.8 Å². The largest absolute Gasteiger partial charge is 0.506 e. The molecule has 8 heteroatoms. The molecular weight excluding hydrogens is 352 g/mol. The lowest BCUT2D eigenvalue weighted by atomic mass is 10.0. The molecule has 0 atom stereocenters. The van der Waals surface area contributed by atoms with Gasteiger partial charge < -0.3 is 24.8 Å². The van der Waals surface area contributed by atoms with Gasteiger partial charge in [0.25, 0.3) is 0 Å². The van der Waals surface area contributed by atoms with Gasteiger partial charge in [-0.05, 0) is 38.1 Å². The fraction of sp³-hybridized carbons (Fsp3) is 0.611. The van der Waals surface area contributed by atoms with Crippen molar-refractivity contribution in [2.45, 2.75) is 25.3 Å². The highest BCUT2D eigenvalue weighted by Gasteiger charge is 2.27. The van der Waals surface area contributed by atoms with Gasteiger partial charge in [0.1, 0.15) is 5.75 Å². The van der Waals surface area contributed by atoms with Gasteiger partial charge in [-0.2, -0.15) is 0 Å². The van der Waals surface area contributed by atoms with Crippen LogP contribution in [0.25, 0.3) is 0 Å². The molecule has 1 aromatic rings. The maximum Gasteiger partial charge on any atom is 0.318 e. The third-order valence-corrected chi connectivity index (χ3v) is 5.70. The monoisotopic (exact) mass is 380 g/mol. The molecule has 2 fully saturated rings. The lowest BCUT2D eigenvalue weighted by Crippen LogP contribution is -2.53. The predicted molar refractivity (Wildman–Crippen MR) is 105 cm³/mol. The van der Waals surface area contributed by atoms with E-state index < -0.39 is 0 Å². The molecule has 0 spiro atoms. The highest BCUT2D eigenvalue weighted by molar-refractivity contribution is 7.75. The lowest BCUT2D eigenvalue weighted by Gasteiger charge is -2.43. The minimum absolute atomic E-state index is 0.152.